The molecule has 1 heterocycles. The van der Waals surface area contributed by atoms with Crippen LogP contribution in [0.4, 0.5) is 11.4 Å². The zero-order valence-corrected chi connectivity index (χ0v) is 20.7. The fourth-order valence-electron chi connectivity index (χ4n) is 3.45. The third-order valence-corrected chi connectivity index (χ3v) is 7.80. The van der Waals surface area contributed by atoms with Crippen molar-refractivity contribution in [1.29, 1.82) is 0 Å². The number of fused-ring (bicyclic) bond motifs is 1. The summed E-state index contributed by atoms with van der Waals surface area (Å²) >= 11 is 5.53. The highest BCUT2D eigenvalue weighted by molar-refractivity contribution is 14.1. The number of sulfonamides is 1. The van der Waals surface area contributed by atoms with Gasteiger partial charge in [0, 0.05) is 50.7 Å². The Morgan fingerprint density at radius 3 is 2.38 bits per heavy atom. The third-order valence-electron chi connectivity index (χ3n) is 4.79. The van der Waals surface area contributed by atoms with E-state index in [4.69, 9.17) is 0 Å². The van der Waals surface area contributed by atoms with Gasteiger partial charge in [0.15, 0.2) is 0 Å². The van der Waals surface area contributed by atoms with Crippen molar-refractivity contribution in [2.75, 3.05) is 35.8 Å². The molecule has 3 aromatic rings. The van der Waals surface area contributed by atoms with E-state index in [0.29, 0.717) is 10.2 Å². The molecule has 1 saturated heterocycles. The zero-order chi connectivity index (χ0) is 19.7. The van der Waals surface area contributed by atoms with Crippen LogP contribution in [-0.4, -0.2) is 34.6 Å². The molecule has 4 rings (SSSR count). The number of rotatable bonds is 4. The molecule has 3 aromatic carbocycles. The smallest absolute Gasteiger partial charge is 0.263 e. The molecule has 1 aliphatic heterocycles. The second kappa shape index (κ2) is 9.38. The zero-order valence-electron chi connectivity index (χ0n) is 15.4. The van der Waals surface area contributed by atoms with Gasteiger partial charge >= 0.3 is 0 Å². The fourth-order valence-corrected chi connectivity index (χ4v) is 6.52. The van der Waals surface area contributed by atoms with Crippen molar-refractivity contribution in [1.82, 2.24) is 5.32 Å². The van der Waals surface area contributed by atoms with E-state index in [1.165, 1.54) is 0 Å². The van der Waals surface area contributed by atoms with Crippen LogP contribution < -0.4 is 14.9 Å². The number of nitrogens with zero attached hydrogens (tertiary/aromatic N) is 1. The number of anilines is 2. The maximum absolute atomic E-state index is 13.0. The molecule has 5 nitrogen and oxygen atoms in total. The first-order valence-corrected chi connectivity index (χ1v) is 12.3. The van der Waals surface area contributed by atoms with Gasteiger partial charge in [0.25, 0.3) is 10.0 Å². The standard InChI is InChI=1S/C20H19BrIN3O2S.ClH/c21-17-13-14(22)5-8-20(17)28(26,27)24-18-6-7-19(25-11-9-23-10-12-25)16-4-2-1-3-15(16)18;/h1-8,13,23-24H,9-12H2;1H. The Morgan fingerprint density at radius 2 is 1.69 bits per heavy atom. The predicted octanol–water partition coefficient (Wildman–Crippen LogP) is 4.84. The molecular formula is C20H20BrClIN3O2S. The fraction of sp³-hybridized carbons (Fsp3) is 0.200. The van der Waals surface area contributed by atoms with Gasteiger partial charge in [0.1, 0.15) is 4.90 Å². The first-order valence-electron chi connectivity index (χ1n) is 8.91. The number of hydrogen-bond donors (Lipinski definition) is 2. The van der Waals surface area contributed by atoms with E-state index in [0.717, 1.165) is 46.2 Å². The molecule has 9 heteroatoms. The van der Waals surface area contributed by atoms with Gasteiger partial charge < -0.3 is 10.2 Å². The van der Waals surface area contributed by atoms with E-state index in [-0.39, 0.29) is 17.3 Å². The summed E-state index contributed by atoms with van der Waals surface area (Å²) in [6, 6.07) is 17.0. The van der Waals surface area contributed by atoms with Gasteiger partial charge in [-0.3, -0.25) is 4.72 Å². The Labute approximate surface area is 199 Å². The van der Waals surface area contributed by atoms with Crippen molar-refractivity contribution >= 4 is 83.1 Å². The minimum atomic E-state index is -3.71. The first kappa shape index (κ1) is 22.6. The molecule has 0 aliphatic carbocycles. The molecule has 0 bridgehead atoms. The molecular weight excluding hydrogens is 589 g/mol. The summed E-state index contributed by atoms with van der Waals surface area (Å²) in [5.41, 5.74) is 1.72. The minimum absolute atomic E-state index is 0. The van der Waals surface area contributed by atoms with Crippen LogP contribution in [-0.2, 0) is 10.0 Å². The predicted molar refractivity (Wildman–Crippen MR) is 134 cm³/mol. The Hall–Kier alpha value is -1.07. The molecule has 29 heavy (non-hydrogen) atoms. The van der Waals surface area contributed by atoms with Crippen molar-refractivity contribution in [2.24, 2.45) is 0 Å². The molecule has 154 valence electrons. The van der Waals surface area contributed by atoms with Gasteiger partial charge in [-0.2, -0.15) is 0 Å². The van der Waals surface area contributed by atoms with Crippen LogP contribution in [0.25, 0.3) is 10.8 Å². The Kier molecular flexibility index (Phi) is 7.32. The number of piperazine rings is 1. The summed E-state index contributed by atoms with van der Waals surface area (Å²) in [5.74, 6) is 0. The summed E-state index contributed by atoms with van der Waals surface area (Å²) in [4.78, 5) is 2.57. The Balaban J connectivity index is 0.00000240. The summed E-state index contributed by atoms with van der Waals surface area (Å²) in [5, 5.41) is 5.30. The lowest BCUT2D eigenvalue weighted by atomic mass is 10.1. The van der Waals surface area contributed by atoms with Crippen LogP contribution in [0.15, 0.2) is 64.0 Å². The van der Waals surface area contributed by atoms with E-state index >= 15 is 0 Å². The number of halogens is 3. The molecule has 0 atom stereocenters. The number of hydrogen-bond acceptors (Lipinski definition) is 4. The second-order valence-corrected chi connectivity index (χ2v) is 10.3. The van der Waals surface area contributed by atoms with Gasteiger partial charge in [0.05, 0.1) is 5.69 Å². The summed E-state index contributed by atoms with van der Waals surface area (Å²) in [6.45, 7) is 3.77. The van der Waals surface area contributed by atoms with Gasteiger partial charge in [-0.1, -0.05) is 24.3 Å². The van der Waals surface area contributed by atoms with Crippen LogP contribution >= 0.6 is 50.9 Å². The summed E-state index contributed by atoms with van der Waals surface area (Å²) < 4.78 is 30.3. The first-order chi connectivity index (χ1) is 13.5. The molecule has 0 spiro atoms. The highest BCUT2D eigenvalue weighted by atomic mass is 127. The molecule has 0 unspecified atom stereocenters. The van der Waals surface area contributed by atoms with Gasteiger partial charge in [0.2, 0.25) is 0 Å². The quantitative estimate of drug-likeness (QED) is 0.417. The number of benzene rings is 3. The van der Waals surface area contributed by atoms with Crippen LogP contribution in [0.1, 0.15) is 0 Å². The van der Waals surface area contributed by atoms with Gasteiger partial charge in [-0.15, -0.1) is 12.4 Å². The average molecular weight is 609 g/mol. The van der Waals surface area contributed by atoms with Crippen LogP contribution in [0.5, 0.6) is 0 Å². The Bertz CT molecular complexity index is 1140. The average Bonchev–Trinajstić information content (AvgIpc) is 2.68. The summed E-state index contributed by atoms with van der Waals surface area (Å²) in [6.07, 6.45) is 0. The maximum atomic E-state index is 13.0. The molecule has 0 radical (unpaired) electrons. The van der Waals surface area contributed by atoms with Gasteiger partial charge in [-0.25, -0.2) is 8.42 Å². The molecule has 0 saturated carbocycles. The van der Waals surface area contributed by atoms with Gasteiger partial charge in [-0.05, 0) is 68.9 Å². The largest absolute Gasteiger partial charge is 0.368 e. The van der Waals surface area contributed by atoms with Crippen molar-refractivity contribution < 1.29 is 8.42 Å². The summed E-state index contributed by atoms with van der Waals surface area (Å²) in [7, 11) is -3.71. The van der Waals surface area contributed by atoms with Crippen molar-refractivity contribution in [3.05, 3.63) is 62.6 Å². The van der Waals surface area contributed by atoms with Crippen LogP contribution in [0.2, 0.25) is 0 Å². The van der Waals surface area contributed by atoms with E-state index in [9.17, 15) is 8.42 Å². The van der Waals surface area contributed by atoms with E-state index in [2.05, 4.69) is 53.5 Å². The number of nitrogens with one attached hydrogen (secondary N) is 2. The third kappa shape index (κ3) is 4.82. The monoisotopic (exact) mass is 607 g/mol. The molecule has 1 aliphatic rings. The van der Waals surface area contributed by atoms with Crippen molar-refractivity contribution in [3.63, 3.8) is 0 Å². The second-order valence-electron chi connectivity index (χ2n) is 6.60. The molecule has 0 aromatic heterocycles. The normalized spacial score (nSPS) is 14.5. The van der Waals surface area contributed by atoms with Crippen molar-refractivity contribution in [3.8, 4) is 0 Å². The minimum Gasteiger partial charge on any atom is -0.368 e. The molecule has 1 fully saturated rings. The van der Waals surface area contributed by atoms with Crippen LogP contribution in [0.3, 0.4) is 0 Å². The van der Waals surface area contributed by atoms with Crippen molar-refractivity contribution in [2.45, 2.75) is 4.90 Å². The Morgan fingerprint density at radius 1 is 1.00 bits per heavy atom. The highest BCUT2D eigenvalue weighted by Crippen LogP contribution is 2.34. The SMILES string of the molecule is Cl.O=S(=O)(Nc1ccc(N2CCNCC2)c2ccccc12)c1ccc(I)cc1Br. The lowest BCUT2D eigenvalue weighted by Crippen LogP contribution is -2.43. The van der Waals surface area contributed by atoms with E-state index in [1.807, 2.05) is 36.4 Å². The molecule has 2 N–H and O–H groups in total. The lowest BCUT2D eigenvalue weighted by Gasteiger charge is -2.30. The topological polar surface area (TPSA) is 61.4 Å². The van der Waals surface area contributed by atoms with Crippen LogP contribution in [0, 0.1) is 3.57 Å². The maximum Gasteiger partial charge on any atom is 0.263 e. The lowest BCUT2D eigenvalue weighted by molar-refractivity contribution is 0.590. The highest BCUT2D eigenvalue weighted by Gasteiger charge is 2.20. The van der Waals surface area contributed by atoms with E-state index in [1.54, 1.807) is 18.2 Å². The molecule has 0 amide bonds. The van der Waals surface area contributed by atoms with E-state index < -0.39 is 10.0 Å².